The van der Waals surface area contributed by atoms with E-state index in [1.807, 2.05) is 0 Å². The van der Waals surface area contributed by atoms with Crippen LogP contribution in [-0.4, -0.2) is 44.6 Å². The lowest BCUT2D eigenvalue weighted by Crippen LogP contribution is -2.45. The normalized spacial score (nSPS) is 15.8. The van der Waals surface area contributed by atoms with Gasteiger partial charge in [-0.3, -0.25) is 4.79 Å². The second kappa shape index (κ2) is 5.84. The molecule has 3 aromatic heterocycles. The summed E-state index contributed by atoms with van der Waals surface area (Å²) in [7, 11) is 0. The molecule has 0 radical (unpaired) electrons. The summed E-state index contributed by atoms with van der Waals surface area (Å²) in [6, 6.07) is 1.74. The zero-order valence-corrected chi connectivity index (χ0v) is 12.8. The van der Waals surface area contributed by atoms with Crippen molar-refractivity contribution in [1.82, 2.24) is 24.9 Å². The van der Waals surface area contributed by atoms with Crippen LogP contribution >= 0.6 is 0 Å². The molecule has 1 fully saturated rings. The molecular formula is C15H16N6O3. The summed E-state index contributed by atoms with van der Waals surface area (Å²) >= 11 is 0. The number of H-pyrrole nitrogens is 1. The summed E-state index contributed by atoms with van der Waals surface area (Å²) in [6.07, 6.45) is 7.68. The third kappa shape index (κ3) is 2.53. The molecule has 124 valence electrons. The Morgan fingerprint density at radius 2 is 2.21 bits per heavy atom. The van der Waals surface area contributed by atoms with E-state index in [9.17, 15) is 9.59 Å². The number of rotatable bonds is 3. The molecule has 0 bridgehead atoms. The second-order valence-electron chi connectivity index (χ2n) is 5.72. The number of amides is 1. The first-order chi connectivity index (χ1) is 11.7. The Kier molecular flexibility index (Phi) is 3.52. The first-order valence-electron chi connectivity index (χ1n) is 7.72. The van der Waals surface area contributed by atoms with Crippen molar-refractivity contribution in [2.45, 2.75) is 18.9 Å². The van der Waals surface area contributed by atoms with E-state index in [1.165, 1.54) is 16.9 Å². The third-order valence-corrected chi connectivity index (χ3v) is 4.23. The molecule has 24 heavy (non-hydrogen) atoms. The lowest BCUT2D eigenvalue weighted by atomic mass is 10.0. The number of aromatic nitrogens is 4. The van der Waals surface area contributed by atoms with Crippen LogP contribution < -0.4 is 15.9 Å². The molecule has 0 spiro atoms. The number of nitrogens with zero attached hydrogens (tertiary/aromatic N) is 4. The minimum atomic E-state index is -0.282. The zero-order chi connectivity index (χ0) is 16.5. The number of anilines is 1. The van der Waals surface area contributed by atoms with E-state index in [0.717, 1.165) is 25.9 Å². The van der Waals surface area contributed by atoms with Gasteiger partial charge in [-0.15, -0.1) is 5.10 Å². The molecule has 9 nitrogen and oxygen atoms in total. The van der Waals surface area contributed by atoms with E-state index in [2.05, 4.69) is 25.4 Å². The number of aromatic amines is 1. The van der Waals surface area contributed by atoms with Crippen molar-refractivity contribution in [3.05, 3.63) is 47.0 Å². The molecule has 0 atom stereocenters. The van der Waals surface area contributed by atoms with Crippen LogP contribution in [0, 0.1) is 0 Å². The second-order valence-corrected chi connectivity index (χ2v) is 5.72. The first-order valence-corrected chi connectivity index (χ1v) is 7.72. The van der Waals surface area contributed by atoms with Crippen molar-refractivity contribution in [1.29, 1.82) is 0 Å². The first kappa shape index (κ1) is 14.5. The molecule has 1 amide bonds. The smallest absolute Gasteiger partial charge is 0.347 e. The molecule has 3 aromatic rings. The highest BCUT2D eigenvalue weighted by Crippen LogP contribution is 2.20. The van der Waals surface area contributed by atoms with Gasteiger partial charge in [0.05, 0.1) is 11.8 Å². The van der Waals surface area contributed by atoms with Gasteiger partial charge in [0, 0.05) is 31.5 Å². The fourth-order valence-electron chi connectivity index (χ4n) is 2.95. The predicted octanol–water partition coefficient (Wildman–Crippen LogP) is 0.409. The van der Waals surface area contributed by atoms with Crippen molar-refractivity contribution >= 4 is 17.4 Å². The van der Waals surface area contributed by atoms with Crippen molar-refractivity contribution < 1.29 is 9.21 Å². The van der Waals surface area contributed by atoms with Crippen molar-refractivity contribution in [2.24, 2.45) is 0 Å². The van der Waals surface area contributed by atoms with Gasteiger partial charge in [-0.25, -0.2) is 19.3 Å². The summed E-state index contributed by atoms with van der Waals surface area (Å²) in [5.41, 5.74) is 0.763. The molecule has 0 saturated carbocycles. The number of nitrogens with one attached hydrogen (secondary N) is 2. The number of carbonyl (C=O) groups is 1. The molecule has 4 rings (SSSR count). The summed E-state index contributed by atoms with van der Waals surface area (Å²) < 4.78 is 6.37. The van der Waals surface area contributed by atoms with Gasteiger partial charge >= 0.3 is 5.69 Å². The van der Waals surface area contributed by atoms with Crippen LogP contribution in [0.15, 0.2) is 40.2 Å². The molecule has 1 aliphatic rings. The Hall–Kier alpha value is -3.10. The molecule has 0 aliphatic carbocycles. The van der Waals surface area contributed by atoms with E-state index < -0.39 is 0 Å². The van der Waals surface area contributed by atoms with Gasteiger partial charge in [0.2, 0.25) is 5.65 Å². The van der Waals surface area contributed by atoms with Crippen LogP contribution in [0.2, 0.25) is 0 Å². The van der Waals surface area contributed by atoms with Gasteiger partial charge in [-0.1, -0.05) is 0 Å². The van der Waals surface area contributed by atoms with Crippen LogP contribution in [0.3, 0.4) is 0 Å². The summed E-state index contributed by atoms with van der Waals surface area (Å²) in [4.78, 5) is 30.1. The van der Waals surface area contributed by atoms with Crippen LogP contribution in [0.1, 0.15) is 23.2 Å². The topological polar surface area (TPSA) is 109 Å². The number of hydrogen-bond donors (Lipinski definition) is 2. The van der Waals surface area contributed by atoms with Crippen LogP contribution in [0.4, 0.5) is 5.82 Å². The fraction of sp³-hybridized carbons (Fsp3) is 0.333. The Morgan fingerprint density at radius 1 is 1.38 bits per heavy atom. The van der Waals surface area contributed by atoms with E-state index >= 15 is 0 Å². The van der Waals surface area contributed by atoms with E-state index in [-0.39, 0.29) is 17.6 Å². The summed E-state index contributed by atoms with van der Waals surface area (Å²) in [5, 5.41) is 9.48. The Bertz CT molecular complexity index is 905. The van der Waals surface area contributed by atoms with Gasteiger partial charge in [0.25, 0.3) is 5.91 Å². The van der Waals surface area contributed by atoms with Crippen molar-refractivity contribution in [3.63, 3.8) is 0 Å². The average Bonchev–Trinajstić information content (AvgIpc) is 3.26. The van der Waals surface area contributed by atoms with Gasteiger partial charge in [-0.2, -0.15) is 0 Å². The van der Waals surface area contributed by atoms with E-state index in [4.69, 9.17) is 4.42 Å². The van der Waals surface area contributed by atoms with Gasteiger partial charge < -0.3 is 14.6 Å². The van der Waals surface area contributed by atoms with Crippen LogP contribution in [0.5, 0.6) is 0 Å². The Labute approximate surface area is 136 Å². The van der Waals surface area contributed by atoms with Crippen LogP contribution in [0.25, 0.3) is 5.65 Å². The number of fused-ring (bicyclic) bond motifs is 1. The summed E-state index contributed by atoms with van der Waals surface area (Å²) in [5.74, 6) is 0.553. The quantitative estimate of drug-likeness (QED) is 0.721. The number of piperidine rings is 1. The Morgan fingerprint density at radius 3 is 2.96 bits per heavy atom. The predicted molar refractivity (Wildman–Crippen MR) is 85.0 cm³/mol. The van der Waals surface area contributed by atoms with E-state index in [1.54, 1.807) is 18.5 Å². The molecule has 4 heterocycles. The molecule has 1 saturated heterocycles. The number of hydrogen-bond acceptors (Lipinski definition) is 6. The highest BCUT2D eigenvalue weighted by molar-refractivity contribution is 5.93. The minimum absolute atomic E-state index is 0.102. The minimum Gasteiger partial charge on any atom is -0.472 e. The molecular weight excluding hydrogens is 312 g/mol. The highest BCUT2D eigenvalue weighted by Gasteiger charge is 2.24. The largest absolute Gasteiger partial charge is 0.472 e. The van der Waals surface area contributed by atoms with Crippen molar-refractivity contribution in [2.75, 3.05) is 18.0 Å². The molecule has 0 aromatic carbocycles. The standard InChI is InChI=1S/C15H16N6O3/c22-14(10-3-8-24-9-10)17-11-1-5-20(6-2-11)12-13-18-19-15(23)21(13)7-4-16-12/h3-4,7-9,11H,1-2,5-6H2,(H,17,22)(H,19,23). The molecule has 0 unspecified atom stereocenters. The zero-order valence-electron chi connectivity index (χ0n) is 12.8. The lowest BCUT2D eigenvalue weighted by Gasteiger charge is -2.32. The fourth-order valence-corrected chi connectivity index (χ4v) is 2.95. The average molecular weight is 328 g/mol. The Balaban J connectivity index is 1.44. The van der Waals surface area contributed by atoms with Gasteiger partial charge in [-0.05, 0) is 18.9 Å². The van der Waals surface area contributed by atoms with E-state index in [0.29, 0.717) is 17.0 Å². The van der Waals surface area contributed by atoms with Crippen LogP contribution in [-0.2, 0) is 0 Å². The molecule has 1 aliphatic heterocycles. The van der Waals surface area contributed by atoms with Gasteiger partial charge in [0.15, 0.2) is 5.82 Å². The number of furan rings is 1. The van der Waals surface area contributed by atoms with Gasteiger partial charge in [0.1, 0.15) is 6.26 Å². The third-order valence-electron chi connectivity index (χ3n) is 4.23. The maximum Gasteiger partial charge on any atom is 0.347 e. The monoisotopic (exact) mass is 328 g/mol. The number of carbonyl (C=O) groups excluding carboxylic acids is 1. The SMILES string of the molecule is O=C(NC1CCN(c2nccn3c(=O)[nH]nc23)CC1)c1ccoc1. The lowest BCUT2D eigenvalue weighted by molar-refractivity contribution is 0.0930. The maximum absolute atomic E-state index is 12.1. The van der Waals surface area contributed by atoms with Crippen molar-refractivity contribution in [3.8, 4) is 0 Å². The summed E-state index contributed by atoms with van der Waals surface area (Å²) in [6.45, 7) is 1.45. The molecule has 9 heteroatoms. The highest BCUT2D eigenvalue weighted by atomic mass is 16.3. The maximum atomic E-state index is 12.1. The molecule has 2 N–H and O–H groups in total.